The van der Waals surface area contributed by atoms with E-state index in [1.54, 1.807) is 12.1 Å². The molecule has 118 valence electrons. The first-order valence-electron chi connectivity index (χ1n) is 6.83. The summed E-state index contributed by atoms with van der Waals surface area (Å²) in [5.74, 6) is -0.455. The van der Waals surface area contributed by atoms with Crippen molar-refractivity contribution < 1.29 is 17.6 Å². The average Bonchev–Trinajstić information content (AvgIpc) is 2.43. The Morgan fingerprint density at radius 3 is 2.52 bits per heavy atom. The molecule has 1 aliphatic rings. The van der Waals surface area contributed by atoms with Gasteiger partial charge >= 0.3 is 6.18 Å². The number of halogens is 5. The van der Waals surface area contributed by atoms with Gasteiger partial charge in [0.2, 0.25) is 0 Å². The number of benzene rings is 1. The molecule has 0 bridgehead atoms. The Labute approximate surface area is 129 Å². The smallest absolute Gasteiger partial charge is 0.314 e. The van der Waals surface area contributed by atoms with Crippen molar-refractivity contribution in [2.24, 2.45) is 0 Å². The zero-order valence-electron chi connectivity index (χ0n) is 11.4. The molecule has 0 aromatic heterocycles. The Hall–Kier alpha value is -0.660. The van der Waals surface area contributed by atoms with Gasteiger partial charge in [0, 0.05) is 48.7 Å². The fraction of sp³-hybridized carbons (Fsp3) is 0.571. The van der Waals surface area contributed by atoms with Gasteiger partial charge < -0.3 is 5.32 Å². The standard InChI is InChI=1S/C14H17BrF4N2/c15-10-1-2-12(16)11(9-10)13(3-4-14(17,18)19)21-7-5-20-6-8-21/h1-2,9,13,20H,3-8H2/t13-/m0/s1. The van der Waals surface area contributed by atoms with Gasteiger partial charge in [-0.05, 0) is 24.6 Å². The molecule has 1 atom stereocenters. The molecule has 1 aliphatic heterocycles. The van der Waals surface area contributed by atoms with Gasteiger partial charge in [0.1, 0.15) is 5.82 Å². The minimum absolute atomic E-state index is 0.128. The average molecular weight is 369 g/mol. The van der Waals surface area contributed by atoms with Gasteiger partial charge in [-0.3, -0.25) is 4.90 Å². The fourth-order valence-corrected chi connectivity index (χ4v) is 2.98. The van der Waals surface area contributed by atoms with E-state index >= 15 is 0 Å². The highest BCUT2D eigenvalue weighted by Gasteiger charge is 2.32. The lowest BCUT2D eigenvalue weighted by atomic mass is 9.98. The first-order valence-corrected chi connectivity index (χ1v) is 7.62. The van der Waals surface area contributed by atoms with Crippen LogP contribution >= 0.6 is 15.9 Å². The van der Waals surface area contributed by atoms with E-state index in [1.165, 1.54) is 6.07 Å². The molecule has 7 heteroatoms. The van der Waals surface area contributed by atoms with E-state index in [9.17, 15) is 17.6 Å². The minimum atomic E-state index is -4.23. The van der Waals surface area contributed by atoms with Crippen LogP contribution in [0, 0.1) is 5.82 Å². The number of rotatable bonds is 4. The molecule has 0 unspecified atom stereocenters. The highest BCUT2D eigenvalue weighted by Crippen LogP contribution is 2.34. The van der Waals surface area contributed by atoms with Crippen molar-refractivity contribution in [1.29, 1.82) is 0 Å². The second-order valence-corrected chi connectivity index (χ2v) is 6.04. The lowest BCUT2D eigenvalue weighted by Crippen LogP contribution is -2.45. The number of nitrogens with one attached hydrogen (secondary N) is 1. The summed E-state index contributed by atoms with van der Waals surface area (Å²) in [6, 6.07) is 3.88. The van der Waals surface area contributed by atoms with Crippen LogP contribution in [0.25, 0.3) is 0 Å². The molecule has 0 spiro atoms. The van der Waals surface area contributed by atoms with Gasteiger partial charge in [-0.15, -0.1) is 0 Å². The zero-order chi connectivity index (χ0) is 15.5. The molecule has 1 fully saturated rings. The summed E-state index contributed by atoms with van der Waals surface area (Å²) in [5, 5.41) is 3.15. The van der Waals surface area contributed by atoms with Crippen LogP contribution in [-0.4, -0.2) is 37.3 Å². The predicted octanol–water partition coefficient (Wildman–Crippen LogP) is 3.88. The molecule has 1 aromatic rings. The number of hydrogen-bond acceptors (Lipinski definition) is 2. The quantitative estimate of drug-likeness (QED) is 0.811. The van der Waals surface area contributed by atoms with Crippen molar-refractivity contribution >= 4 is 15.9 Å². The highest BCUT2D eigenvalue weighted by atomic mass is 79.9. The number of nitrogens with zero attached hydrogens (tertiary/aromatic N) is 1. The Kier molecular flexibility index (Phi) is 5.62. The lowest BCUT2D eigenvalue weighted by Gasteiger charge is -2.35. The molecule has 0 amide bonds. The summed E-state index contributed by atoms with van der Waals surface area (Å²) in [6.07, 6.45) is -5.26. The van der Waals surface area contributed by atoms with Crippen molar-refractivity contribution in [3.63, 3.8) is 0 Å². The van der Waals surface area contributed by atoms with Gasteiger partial charge in [-0.25, -0.2) is 4.39 Å². The maximum atomic E-state index is 14.1. The maximum Gasteiger partial charge on any atom is 0.389 e. The van der Waals surface area contributed by atoms with Gasteiger partial charge in [-0.2, -0.15) is 13.2 Å². The van der Waals surface area contributed by atoms with E-state index in [-0.39, 0.29) is 6.42 Å². The Morgan fingerprint density at radius 2 is 1.90 bits per heavy atom. The third-order valence-corrected chi connectivity index (χ3v) is 4.10. The van der Waals surface area contributed by atoms with Gasteiger partial charge in [-0.1, -0.05) is 15.9 Å². The largest absolute Gasteiger partial charge is 0.389 e. The molecule has 0 saturated carbocycles. The molecule has 1 heterocycles. The Bertz CT molecular complexity index is 473. The molecule has 0 radical (unpaired) electrons. The first kappa shape index (κ1) is 16.7. The number of alkyl halides is 3. The molecular weight excluding hydrogens is 352 g/mol. The SMILES string of the molecule is Fc1ccc(Br)cc1[C@H](CCC(F)(F)F)N1CCNCC1. The van der Waals surface area contributed by atoms with Gasteiger partial charge in [0.15, 0.2) is 0 Å². The molecule has 2 nitrogen and oxygen atoms in total. The number of hydrogen-bond donors (Lipinski definition) is 1. The van der Waals surface area contributed by atoms with E-state index in [0.717, 1.165) is 0 Å². The molecule has 2 rings (SSSR count). The van der Waals surface area contributed by atoms with Crippen molar-refractivity contribution in [1.82, 2.24) is 10.2 Å². The topological polar surface area (TPSA) is 15.3 Å². The van der Waals surface area contributed by atoms with E-state index in [0.29, 0.717) is 36.2 Å². The van der Waals surface area contributed by atoms with Crippen LogP contribution in [0.3, 0.4) is 0 Å². The van der Waals surface area contributed by atoms with Crippen LogP contribution in [0.15, 0.2) is 22.7 Å². The molecule has 1 saturated heterocycles. The summed E-state index contributed by atoms with van der Waals surface area (Å²) < 4.78 is 52.4. The molecule has 1 N–H and O–H groups in total. The normalized spacial score (nSPS) is 18.7. The van der Waals surface area contributed by atoms with E-state index < -0.39 is 24.5 Å². The van der Waals surface area contributed by atoms with Crippen LogP contribution in [0.4, 0.5) is 17.6 Å². The van der Waals surface area contributed by atoms with Crippen molar-refractivity contribution in [2.75, 3.05) is 26.2 Å². The van der Waals surface area contributed by atoms with Crippen LogP contribution in [0.2, 0.25) is 0 Å². The third kappa shape index (κ3) is 4.93. The molecular formula is C14H17BrF4N2. The number of piperazine rings is 1. The summed E-state index contributed by atoms with van der Waals surface area (Å²) in [5.41, 5.74) is 0.329. The predicted molar refractivity (Wildman–Crippen MR) is 76.6 cm³/mol. The second kappa shape index (κ2) is 7.07. The van der Waals surface area contributed by atoms with E-state index in [1.807, 2.05) is 4.90 Å². The summed E-state index contributed by atoms with van der Waals surface area (Å²) in [4.78, 5) is 1.92. The van der Waals surface area contributed by atoms with Crippen LogP contribution < -0.4 is 5.32 Å². The molecule has 0 aliphatic carbocycles. The first-order chi connectivity index (χ1) is 9.87. The molecule has 21 heavy (non-hydrogen) atoms. The maximum absolute atomic E-state index is 14.1. The monoisotopic (exact) mass is 368 g/mol. The summed E-state index contributed by atoms with van der Waals surface area (Å²) in [6.45, 7) is 2.65. The Balaban J connectivity index is 2.23. The van der Waals surface area contributed by atoms with Crippen LogP contribution in [-0.2, 0) is 0 Å². The summed E-state index contributed by atoms with van der Waals surface area (Å²) >= 11 is 3.26. The summed E-state index contributed by atoms with van der Waals surface area (Å²) in [7, 11) is 0. The van der Waals surface area contributed by atoms with Crippen LogP contribution in [0.5, 0.6) is 0 Å². The fourth-order valence-electron chi connectivity index (χ4n) is 2.60. The zero-order valence-corrected chi connectivity index (χ0v) is 13.0. The van der Waals surface area contributed by atoms with Crippen molar-refractivity contribution in [3.05, 3.63) is 34.1 Å². The second-order valence-electron chi connectivity index (χ2n) is 5.12. The minimum Gasteiger partial charge on any atom is -0.314 e. The van der Waals surface area contributed by atoms with Crippen molar-refractivity contribution in [3.8, 4) is 0 Å². The van der Waals surface area contributed by atoms with Crippen LogP contribution in [0.1, 0.15) is 24.4 Å². The molecule has 1 aromatic carbocycles. The van der Waals surface area contributed by atoms with Crippen molar-refractivity contribution in [2.45, 2.75) is 25.1 Å². The third-order valence-electron chi connectivity index (χ3n) is 3.61. The highest BCUT2D eigenvalue weighted by molar-refractivity contribution is 9.10. The lowest BCUT2D eigenvalue weighted by molar-refractivity contribution is -0.138. The Morgan fingerprint density at radius 1 is 1.24 bits per heavy atom. The van der Waals surface area contributed by atoms with E-state index in [2.05, 4.69) is 21.2 Å². The van der Waals surface area contributed by atoms with Gasteiger partial charge in [0.05, 0.1) is 0 Å². The van der Waals surface area contributed by atoms with Gasteiger partial charge in [0.25, 0.3) is 0 Å². The van der Waals surface area contributed by atoms with E-state index in [4.69, 9.17) is 0 Å².